The van der Waals surface area contributed by atoms with Gasteiger partial charge >= 0.3 is 0 Å². The number of rotatable bonds is 3. The molecule has 0 aromatic carbocycles. The van der Waals surface area contributed by atoms with Gasteiger partial charge in [0, 0.05) is 11.6 Å². The van der Waals surface area contributed by atoms with Crippen molar-refractivity contribution >= 4 is 5.96 Å². The maximum absolute atomic E-state index is 5.83. The maximum atomic E-state index is 5.83. The van der Waals surface area contributed by atoms with Crippen LogP contribution in [0.15, 0.2) is 28.0 Å². The lowest BCUT2D eigenvalue weighted by Crippen LogP contribution is -2.41. The highest BCUT2D eigenvalue weighted by atomic mass is 16.3. The number of furan rings is 1. The second kappa shape index (κ2) is 5.58. The minimum Gasteiger partial charge on any atom is -0.472 e. The Morgan fingerprint density at radius 1 is 1.44 bits per heavy atom. The molecule has 0 aliphatic heterocycles. The van der Waals surface area contributed by atoms with Gasteiger partial charge in [-0.3, -0.25) is 0 Å². The molecule has 0 atom stereocenters. The fourth-order valence-electron chi connectivity index (χ4n) is 2.06. The summed E-state index contributed by atoms with van der Waals surface area (Å²) in [4.78, 5) is 4.28. The third-order valence-electron chi connectivity index (χ3n) is 2.97. The van der Waals surface area contributed by atoms with Crippen LogP contribution in [0.25, 0.3) is 0 Å². The van der Waals surface area contributed by atoms with Gasteiger partial charge in [-0.25, -0.2) is 4.99 Å². The Hall–Kier alpha value is -1.45. The minimum absolute atomic E-state index is 0.516. The Morgan fingerprint density at radius 2 is 2.25 bits per heavy atom. The molecule has 0 unspecified atom stereocenters. The molecule has 0 spiro atoms. The highest BCUT2D eigenvalue weighted by Crippen LogP contribution is 2.17. The zero-order chi connectivity index (χ0) is 11.2. The average Bonchev–Trinajstić information content (AvgIpc) is 2.81. The van der Waals surface area contributed by atoms with Gasteiger partial charge in [-0.1, -0.05) is 19.3 Å². The van der Waals surface area contributed by atoms with Gasteiger partial charge in [-0.05, 0) is 18.9 Å². The molecule has 0 radical (unpaired) electrons. The summed E-state index contributed by atoms with van der Waals surface area (Å²) in [5.41, 5.74) is 6.88. The number of nitrogens with two attached hydrogens (primary N) is 1. The standard InChI is InChI=1S/C12H19N3O/c13-12(14-8-10-6-7-16-9-10)15-11-4-2-1-3-5-11/h6-7,9,11H,1-5,8H2,(H3,13,14,15). The van der Waals surface area contributed by atoms with Crippen molar-refractivity contribution in [2.75, 3.05) is 0 Å². The summed E-state index contributed by atoms with van der Waals surface area (Å²) >= 11 is 0. The zero-order valence-corrected chi connectivity index (χ0v) is 9.48. The molecule has 4 heteroatoms. The van der Waals surface area contributed by atoms with Gasteiger partial charge in [0.2, 0.25) is 0 Å². The molecule has 88 valence electrons. The molecule has 1 heterocycles. The molecule has 0 bridgehead atoms. The van der Waals surface area contributed by atoms with Gasteiger partial charge in [0.15, 0.2) is 5.96 Å². The lowest BCUT2D eigenvalue weighted by atomic mass is 9.96. The van der Waals surface area contributed by atoms with Gasteiger partial charge in [-0.2, -0.15) is 0 Å². The van der Waals surface area contributed by atoms with Crippen LogP contribution >= 0.6 is 0 Å². The predicted octanol–water partition coefficient (Wildman–Crippen LogP) is 2.02. The number of hydrogen-bond donors (Lipinski definition) is 2. The summed E-state index contributed by atoms with van der Waals surface area (Å²) < 4.78 is 4.97. The van der Waals surface area contributed by atoms with Gasteiger partial charge in [0.1, 0.15) is 0 Å². The molecular formula is C12H19N3O. The van der Waals surface area contributed by atoms with E-state index in [1.54, 1.807) is 12.5 Å². The summed E-state index contributed by atoms with van der Waals surface area (Å²) in [6, 6.07) is 2.42. The SMILES string of the molecule is NC(=NCc1ccoc1)NC1CCCCC1. The third kappa shape index (κ3) is 3.29. The van der Waals surface area contributed by atoms with Gasteiger partial charge in [0.25, 0.3) is 0 Å². The fourth-order valence-corrected chi connectivity index (χ4v) is 2.06. The lowest BCUT2D eigenvalue weighted by molar-refractivity contribution is 0.412. The van der Waals surface area contributed by atoms with Crippen LogP contribution < -0.4 is 11.1 Å². The molecule has 4 nitrogen and oxygen atoms in total. The molecule has 0 amide bonds. The van der Waals surface area contributed by atoms with Gasteiger partial charge < -0.3 is 15.5 Å². The first-order chi connectivity index (χ1) is 7.84. The molecular weight excluding hydrogens is 202 g/mol. The second-order valence-corrected chi connectivity index (χ2v) is 4.31. The van der Waals surface area contributed by atoms with E-state index in [-0.39, 0.29) is 0 Å². The molecule has 3 N–H and O–H groups in total. The van der Waals surface area contributed by atoms with Gasteiger partial charge in [-0.15, -0.1) is 0 Å². The van der Waals surface area contributed by atoms with Crippen molar-refractivity contribution in [2.45, 2.75) is 44.7 Å². The molecule has 1 aliphatic carbocycles. The highest BCUT2D eigenvalue weighted by Gasteiger charge is 2.13. The van der Waals surface area contributed by atoms with Crippen LogP contribution in [-0.4, -0.2) is 12.0 Å². The van der Waals surface area contributed by atoms with E-state index in [0.29, 0.717) is 18.5 Å². The Kier molecular flexibility index (Phi) is 3.86. The van der Waals surface area contributed by atoms with E-state index in [1.807, 2.05) is 6.07 Å². The fraction of sp³-hybridized carbons (Fsp3) is 0.583. The molecule has 16 heavy (non-hydrogen) atoms. The average molecular weight is 221 g/mol. The molecule has 1 aromatic rings. The molecule has 1 aromatic heterocycles. The molecule has 1 saturated carbocycles. The monoisotopic (exact) mass is 221 g/mol. The summed E-state index contributed by atoms with van der Waals surface area (Å²) in [7, 11) is 0. The number of nitrogens with one attached hydrogen (secondary N) is 1. The lowest BCUT2D eigenvalue weighted by Gasteiger charge is -2.23. The van der Waals surface area contributed by atoms with Crippen LogP contribution in [0, 0.1) is 0 Å². The van der Waals surface area contributed by atoms with E-state index in [1.165, 1.54) is 32.1 Å². The van der Waals surface area contributed by atoms with Crippen molar-refractivity contribution in [3.8, 4) is 0 Å². The Labute approximate surface area is 95.9 Å². The number of aliphatic imine (C=N–C) groups is 1. The quantitative estimate of drug-likeness (QED) is 0.606. The van der Waals surface area contributed by atoms with Crippen molar-refractivity contribution in [2.24, 2.45) is 10.7 Å². The normalized spacial score (nSPS) is 18.6. The van der Waals surface area contributed by atoms with E-state index >= 15 is 0 Å². The highest BCUT2D eigenvalue weighted by molar-refractivity contribution is 5.78. The minimum atomic E-state index is 0.516. The third-order valence-corrected chi connectivity index (χ3v) is 2.97. The number of nitrogens with zero attached hydrogens (tertiary/aromatic N) is 1. The molecule has 2 rings (SSSR count). The van der Waals surface area contributed by atoms with Crippen LogP contribution in [0.4, 0.5) is 0 Å². The summed E-state index contributed by atoms with van der Waals surface area (Å²) in [6.45, 7) is 0.585. The Bertz CT molecular complexity index is 326. The molecule has 1 aliphatic rings. The first kappa shape index (κ1) is 11.0. The van der Waals surface area contributed by atoms with Crippen molar-refractivity contribution in [3.63, 3.8) is 0 Å². The van der Waals surface area contributed by atoms with Crippen LogP contribution in [0.1, 0.15) is 37.7 Å². The van der Waals surface area contributed by atoms with Crippen LogP contribution in [0.2, 0.25) is 0 Å². The smallest absolute Gasteiger partial charge is 0.189 e. The van der Waals surface area contributed by atoms with Crippen molar-refractivity contribution in [1.82, 2.24) is 5.32 Å². The van der Waals surface area contributed by atoms with Crippen molar-refractivity contribution in [3.05, 3.63) is 24.2 Å². The van der Waals surface area contributed by atoms with Gasteiger partial charge in [0.05, 0.1) is 19.1 Å². The second-order valence-electron chi connectivity index (χ2n) is 4.31. The molecule has 0 saturated heterocycles. The number of guanidine groups is 1. The van der Waals surface area contributed by atoms with Crippen LogP contribution in [0.3, 0.4) is 0 Å². The Morgan fingerprint density at radius 3 is 2.94 bits per heavy atom. The first-order valence-electron chi connectivity index (χ1n) is 5.92. The van der Waals surface area contributed by atoms with E-state index in [9.17, 15) is 0 Å². The topological polar surface area (TPSA) is 63.5 Å². The van der Waals surface area contributed by atoms with E-state index in [0.717, 1.165) is 5.56 Å². The van der Waals surface area contributed by atoms with E-state index in [4.69, 9.17) is 10.2 Å². The number of hydrogen-bond acceptors (Lipinski definition) is 2. The van der Waals surface area contributed by atoms with E-state index in [2.05, 4.69) is 10.3 Å². The summed E-state index contributed by atoms with van der Waals surface area (Å²) in [5.74, 6) is 0.549. The largest absolute Gasteiger partial charge is 0.472 e. The van der Waals surface area contributed by atoms with Crippen LogP contribution in [-0.2, 0) is 6.54 Å². The van der Waals surface area contributed by atoms with Crippen LogP contribution in [0.5, 0.6) is 0 Å². The summed E-state index contributed by atoms with van der Waals surface area (Å²) in [5, 5.41) is 3.28. The first-order valence-corrected chi connectivity index (χ1v) is 5.92. The van der Waals surface area contributed by atoms with E-state index < -0.39 is 0 Å². The predicted molar refractivity (Wildman–Crippen MR) is 64.0 cm³/mol. The molecule has 1 fully saturated rings. The maximum Gasteiger partial charge on any atom is 0.189 e. The van der Waals surface area contributed by atoms with Crippen molar-refractivity contribution in [1.29, 1.82) is 0 Å². The van der Waals surface area contributed by atoms with Crippen molar-refractivity contribution < 1.29 is 4.42 Å². The summed E-state index contributed by atoms with van der Waals surface area (Å²) in [6.07, 6.45) is 9.71. The Balaban J connectivity index is 1.77. The zero-order valence-electron chi connectivity index (χ0n) is 9.48.